The van der Waals surface area contributed by atoms with E-state index in [1.165, 1.54) is 11.3 Å². The van der Waals surface area contributed by atoms with Crippen LogP contribution in [-0.4, -0.2) is 12.1 Å². The average molecular weight is 444 g/mol. The highest BCUT2D eigenvalue weighted by molar-refractivity contribution is 9.12. The molecular weight excluding hydrogens is 436 g/mol. The zero-order valence-corrected chi connectivity index (χ0v) is 13.9. The molecule has 1 aliphatic carbocycles. The second-order valence-corrected chi connectivity index (χ2v) is 7.59. The van der Waals surface area contributed by atoms with Gasteiger partial charge in [-0.2, -0.15) is 13.2 Å². The average Bonchev–Trinajstić information content (AvgIpc) is 2.67. The minimum atomic E-state index is -4.86. The van der Waals surface area contributed by atoms with Crippen LogP contribution < -0.4 is 23.5 Å². The summed E-state index contributed by atoms with van der Waals surface area (Å²) in [5.74, 6) is -1.92. The molecule has 0 aliphatic heterocycles. The molecule has 1 heterocycles. The number of amides is 1. The summed E-state index contributed by atoms with van der Waals surface area (Å²) >= 11 is 8.03. The third-order valence-electron chi connectivity index (χ3n) is 2.73. The molecule has 1 amide bonds. The molecule has 1 aromatic rings. The highest BCUT2D eigenvalue weighted by Gasteiger charge is 2.44. The Bertz CT molecular complexity index is 508. The van der Waals surface area contributed by atoms with Crippen LogP contribution in [0.3, 0.4) is 0 Å². The normalized spacial score (nSPS) is 21.8. The van der Waals surface area contributed by atoms with Gasteiger partial charge in [0.05, 0.1) is 13.6 Å². The fourth-order valence-electron chi connectivity index (χ4n) is 2.00. The number of nitrogens with one attached hydrogen (secondary N) is 1. The van der Waals surface area contributed by atoms with Crippen LogP contribution >= 0.6 is 43.2 Å². The molecule has 0 saturated carbocycles. The van der Waals surface area contributed by atoms with Crippen LogP contribution in [0.1, 0.15) is 29.6 Å². The van der Waals surface area contributed by atoms with Crippen molar-refractivity contribution in [3.8, 4) is 0 Å². The molecule has 4 N–H and O–H groups in total. The first-order valence-corrected chi connectivity index (χ1v) is 7.30. The van der Waals surface area contributed by atoms with Crippen LogP contribution in [0.15, 0.2) is 7.57 Å². The second-order valence-electron chi connectivity index (χ2n) is 3.93. The molecule has 3 nitrogen and oxygen atoms in total. The number of hydrogen-bond acceptors (Lipinski definition) is 2. The van der Waals surface area contributed by atoms with E-state index < -0.39 is 18.1 Å². The second kappa shape index (κ2) is 5.88. The molecule has 2 rings (SSSR count). The van der Waals surface area contributed by atoms with Gasteiger partial charge in [0.2, 0.25) is 0 Å². The fraction of sp³-hybridized carbons (Fsp3) is 0.444. The van der Waals surface area contributed by atoms with Crippen molar-refractivity contribution < 1.29 is 36.1 Å². The summed E-state index contributed by atoms with van der Waals surface area (Å²) in [6, 6.07) is -0.774. The Hall–Kier alpha value is 0.170. The van der Waals surface area contributed by atoms with Crippen LogP contribution in [0.4, 0.5) is 13.2 Å². The van der Waals surface area contributed by atoms with Gasteiger partial charge in [0.25, 0.3) is 0 Å². The summed E-state index contributed by atoms with van der Waals surface area (Å²) in [4.78, 5) is 11.0. The standard InChI is InChI=1S/C9H7Br2F3N2OS.ClH/c10-6-4-2(15)1-3(5(4)7(11)18-6)16-8(17)9(12,13)14;/h2-3H,1,15H2,(H,16,17);1H/t2-,3+;/m1./s1. The van der Waals surface area contributed by atoms with Crippen molar-refractivity contribution in [3.05, 3.63) is 18.7 Å². The Kier molecular flexibility index (Phi) is 5.33. The Morgan fingerprint density at radius 3 is 2.37 bits per heavy atom. The highest BCUT2D eigenvalue weighted by Crippen LogP contribution is 2.49. The first kappa shape index (κ1) is 17.2. The first-order valence-electron chi connectivity index (χ1n) is 4.90. The van der Waals surface area contributed by atoms with Gasteiger partial charge in [0.15, 0.2) is 0 Å². The SMILES string of the molecule is [Cl-].[NH3+][C@@H]1C[C@H](NC(=O)C(F)(F)F)c2c(Br)sc(Br)c21. The summed E-state index contributed by atoms with van der Waals surface area (Å²) in [5, 5.41) is 2.01. The number of carbonyl (C=O) groups is 1. The zero-order valence-electron chi connectivity index (χ0n) is 9.15. The van der Waals surface area contributed by atoms with Crippen LogP contribution in [0.5, 0.6) is 0 Å². The lowest BCUT2D eigenvalue weighted by Gasteiger charge is -2.14. The monoisotopic (exact) mass is 442 g/mol. The molecule has 1 aliphatic rings. The van der Waals surface area contributed by atoms with E-state index in [1.54, 1.807) is 0 Å². The molecule has 2 atom stereocenters. The van der Waals surface area contributed by atoms with Crippen molar-refractivity contribution in [2.24, 2.45) is 0 Å². The maximum absolute atomic E-state index is 12.2. The van der Waals surface area contributed by atoms with E-state index >= 15 is 0 Å². The van der Waals surface area contributed by atoms with E-state index in [0.29, 0.717) is 12.0 Å². The number of thiophene rings is 1. The molecular formula is C9H8Br2ClF3N2OS. The molecule has 0 fully saturated rings. The number of quaternary nitrogens is 1. The largest absolute Gasteiger partial charge is 1.00 e. The molecule has 0 bridgehead atoms. The van der Waals surface area contributed by atoms with Gasteiger partial charge in [-0.3, -0.25) is 4.79 Å². The number of hydrogen-bond donors (Lipinski definition) is 2. The van der Waals surface area contributed by atoms with Crippen molar-refractivity contribution in [1.82, 2.24) is 5.32 Å². The maximum atomic E-state index is 12.2. The van der Waals surface area contributed by atoms with Crippen molar-refractivity contribution in [2.75, 3.05) is 0 Å². The van der Waals surface area contributed by atoms with Gasteiger partial charge in [-0.25, -0.2) is 0 Å². The Balaban J connectivity index is 0.00000180. The minimum Gasteiger partial charge on any atom is -1.00 e. The third-order valence-corrected chi connectivity index (χ3v) is 5.36. The summed E-state index contributed by atoms with van der Waals surface area (Å²) in [6.07, 6.45) is -4.49. The Labute approximate surface area is 133 Å². The summed E-state index contributed by atoms with van der Waals surface area (Å²) in [6.45, 7) is 0. The maximum Gasteiger partial charge on any atom is 0.471 e. The lowest BCUT2D eigenvalue weighted by molar-refractivity contribution is -0.426. The lowest BCUT2D eigenvalue weighted by Crippen LogP contribution is -3.00. The smallest absolute Gasteiger partial charge is 0.471 e. The molecule has 0 saturated heterocycles. The van der Waals surface area contributed by atoms with E-state index in [9.17, 15) is 18.0 Å². The molecule has 0 unspecified atom stereocenters. The third kappa shape index (κ3) is 3.26. The molecule has 0 spiro atoms. The fourth-order valence-corrected chi connectivity index (χ4v) is 5.55. The molecule has 10 heteroatoms. The van der Waals surface area contributed by atoms with E-state index in [2.05, 4.69) is 37.6 Å². The van der Waals surface area contributed by atoms with Crippen molar-refractivity contribution in [2.45, 2.75) is 24.7 Å². The van der Waals surface area contributed by atoms with Gasteiger partial charge >= 0.3 is 12.1 Å². The van der Waals surface area contributed by atoms with Crippen molar-refractivity contribution in [3.63, 3.8) is 0 Å². The first-order chi connectivity index (χ1) is 8.21. The van der Waals surface area contributed by atoms with Crippen molar-refractivity contribution in [1.29, 1.82) is 0 Å². The topological polar surface area (TPSA) is 56.7 Å². The Morgan fingerprint density at radius 1 is 1.32 bits per heavy atom. The quantitative estimate of drug-likeness (QED) is 0.613. The lowest BCUT2D eigenvalue weighted by atomic mass is 10.2. The van der Waals surface area contributed by atoms with Gasteiger partial charge in [-0.15, -0.1) is 11.3 Å². The van der Waals surface area contributed by atoms with Gasteiger partial charge in [0, 0.05) is 17.5 Å². The zero-order chi connectivity index (χ0) is 13.7. The Morgan fingerprint density at radius 2 is 1.84 bits per heavy atom. The van der Waals surface area contributed by atoms with Gasteiger partial charge in [-0.1, -0.05) is 0 Å². The van der Waals surface area contributed by atoms with Gasteiger partial charge < -0.3 is 23.5 Å². The highest BCUT2D eigenvalue weighted by atomic mass is 79.9. The summed E-state index contributed by atoms with van der Waals surface area (Å²) < 4.78 is 38.3. The summed E-state index contributed by atoms with van der Waals surface area (Å²) in [5.41, 5.74) is 5.47. The van der Waals surface area contributed by atoms with E-state index in [1.807, 2.05) is 5.32 Å². The van der Waals surface area contributed by atoms with Crippen LogP contribution in [0, 0.1) is 0 Å². The van der Waals surface area contributed by atoms with Crippen molar-refractivity contribution >= 4 is 49.1 Å². The number of alkyl halides is 3. The molecule has 0 radical (unpaired) electrons. The predicted molar refractivity (Wildman–Crippen MR) is 66.9 cm³/mol. The molecule has 0 aromatic carbocycles. The summed E-state index contributed by atoms with van der Waals surface area (Å²) in [7, 11) is 0. The number of halogens is 6. The minimum absolute atomic E-state index is 0. The van der Waals surface area contributed by atoms with E-state index in [-0.39, 0.29) is 18.4 Å². The molecule has 19 heavy (non-hydrogen) atoms. The van der Waals surface area contributed by atoms with Crippen LogP contribution in [0.25, 0.3) is 0 Å². The molecule has 1 aromatic heterocycles. The van der Waals surface area contributed by atoms with E-state index in [4.69, 9.17) is 0 Å². The van der Waals surface area contributed by atoms with Crippen LogP contribution in [0.2, 0.25) is 0 Å². The number of carbonyl (C=O) groups excluding carboxylic acids is 1. The van der Waals surface area contributed by atoms with Gasteiger partial charge in [-0.05, 0) is 31.9 Å². The van der Waals surface area contributed by atoms with Gasteiger partial charge in [0.1, 0.15) is 6.04 Å². The predicted octanol–water partition coefficient (Wildman–Crippen LogP) is -0.317. The van der Waals surface area contributed by atoms with Crippen LogP contribution in [-0.2, 0) is 4.79 Å². The number of fused-ring (bicyclic) bond motifs is 1. The molecule has 108 valence electrons. The van der Waals surface area contributed by atoms with E-state index in [0.717, 1.165) is 13.1 Å². The number of rotatable bonds is 1.